The van der Waals surface area contributed by atoms with Gasteiger partial charge >= 0.3 is 6.03 Å². The highest BCUT2D eigenvalue weighted by Gasteiger charge is 2.27. The van der Waals surface area contributed by atoms with Gasteiger partial charge in [-0.1, -0.05) is 26.8 Å². The maximum Gasteiger partial charge on any atom is 0.319 e. The minimum Gasteiger partial charge on any atom is -0.332 e. The third-order valence-electron chi connectivity index (χ3n) is 4.43. The van der Waals surface area contributed by atoms with Gasteiger partial charge in [-0.15, -0.1) is 0 Å². The summed E-state index contributed by atoms with van der Waals surface area (Å²) in [6, 6.07) is 6.45. The quantitative estimate of drug-likeness (QED) is 0.879. The second kappa shape index (κ2) is 6.50. The number of hydrogen-bond acceptors (Lipinski definition) is 2. The van der Waals surface area contributed by atoms with Gasteiger partial charge in [0.05, 0.1) is 12.2 Å². The number of carbonyl (C=O) groups excluding carboxylic acids is 1. The van der Waals surface area contributed by atoms with Gasteiger partial charge in [-0.05, 0) is 42.0 Å². The molecule has 0 aliphatic heterocycles. The Balaban J connectivity index is 1.57. The van der Waals surface area contributed by atoms with Crippen LogP contribution >= 0.6 is 0 Å². The van der Waals surface area contributed by atoms with E-state index in [-0.39, 0.29) is 17.3 Å². The molecule has 0 bridgehead atoms. The predicted molar refractivity (Wildman–Crippen MR) is 96.1 cm³/mol. The first kappa shape index (κ1) is 17.5. The standard InChI is InChI=1S/C19H25FN4O/c1-19(2,3)15-8-7-13(9-16(15)20)22-18(25)21-11-14-10-17(12-5-6-12)24(4)23-14/h7-10,12H,5-6,11H2,1-4H3,(H2,21,22,25). The van der Waals surface area contributed by atoms with E-state index in [1.807, 2.05) is 38.6 Å². The molecule has 5 nitrogen and oxygen atoms in total. The lowest BCUT2D eigenvalue weighted by Gasteiger charge is -2.20. The van der Waals surface area contributed by atoms with Crippen LogP contribution in [0.5, 0.6) is 0 Å². The Kier molecular flexibility index (Phi) is 4.54. The predicted octanol–water partition coefficient (Wildman–Crippen LogP) is 4.06. The molecule has 0 atom stereocenters. The van der Waals surface area contributed by atoms with Crippen LogP contribution in [0.15, 0.2) is 24.3 Å². The van der Waals surface area contributed by atoms with E-state index in [0.717, 1.165) is 5.69 Å². The molecule has 1 saturated carbocycles. The van der Waals surface area contributed by atoms with Crippen LogP contribution in [0.3, 0.4) is 0 Å². The summed E-state index contributed by atoms with van der Waals surface area (Å²) in [6.45, 7) is 6.20. The second-order valence-electron chi connectivity index (χ2n) is 7.71. The zero-order chi connectivity index (χ0) is 18.2. The van der Waals surface area contributed by atoms with Crippen LogP contribution in [0.4, 0.5) is 14.9 Å². The van der Waals surface area contributed by atoms with Gasteiger partial charge in [-0.25, -0.2) is 9.18 Å². The van der Waals surface area contributed by atoms with E-state index in [9.17, 15) is 9.18 Å². The second-order valence-corrected chi connectivity index (χ2v) is 7.71. The van der Waals surface area contributed by atoms with E-state index in [0.29, 0.717) is 23.7 Å². The number of halogens is 1. The van der Waals surface area contributed by atoms with Crippen LogP contribution in [0.1, 0.15) is 56.5 Å². The van der Waals surface area contributed by atoms with Gasteiger partial charge in [-0.2, -0.15) is 5.10 Å². The first-order valence-corrected chi connectivity index (χ1v) is 8.62. The number of hydrogen-bond donors (Lipinski definition) is 2. The summed E-state index contributed by atoms with van der Waals surface area (Å²) in [5.41, 5.74) is 2.83. The first-order valence-electron chi connectivity index (χ1n) is 8.62. The molecule has 1 heterocycles. The third kappa shape index (κ3) is 4.18. The Hall–Kier alpha value is -2.37. The molecule has 134 valence electrons. The molecule has 2 aromatic rings. The molecule has 6 heteroatoms. The van der Waals surface area contributed by atoms with E-state index >= 15 is 0 Å². The Labute approximate surface area is 147 Å². The molecule has 1 aromatic heterocycles. The van der Waals surface area contributed by atoms with Crippen molar-refractivity contribution in [3.8, 4) is 0 Å². The Morgan fingerprint density at radius 3 is 2.64 bits per heavy atom. The number of amides is 2. The molecule has 1 aliphatic rings. The Bertz CT molecular complexity index is 787. The average molecular weight is 344 g/mol. The van der Waals surface area contributed by atoms with E-state index in [1.165, 1.54) is 24.6 Å². The number of rotatable bonds is 4. The van der Waals surface area contributed by atoms with Crippen LogP contribution in [-0.4, -0.2) is 15.8 Å². The summed E-state index contributed by atoms with van der Waals surface area (Å²) >= 11 is 0. The van der Waals surface area contributed by atoms with Crippen LogP contribution in [0, 0.1) is 5.82 Å². The Morgan fingerprint density at radius 1 is 1.32 bits per heavy atom. The van der Waals surface area contributed by atoms with Crippen molar-refractivity contribution in [2.24, 2.45) is 7.05 Å². The molecule has 3 rings (SSSR count). The van der Waals surface area contributed by atoms with Crippen molar-refractivity contribution in [2.75, 3.05) is 5.32 Å². The van der Waals surface area contributed by atoms with Gasteiger partial charge in [0, 0.05) is 24.3 Å². The molecule has 1 aliphatic carbocycles. The molecule has 2 amide bonds. The summed E-state index contributed by atoms with van der Waals surface area (Å²) in [5, 5.41) is 9.84. The van der Waals surface area contributed by atoms with Crippen LogP contribution < -0.4 is 10.6 Å². The van der Waals surface area contributed by atoms with Crippen molar-refractivity contribution in [2.45, 2.75) is 51.5 Å². The number of carbonyl (C=O) groups is 1. The number of nitrogens with zero attached hydrogens (tertiary/aromatic N) is 2. The zero-order valence-electron chi connectivity index (χ0n) is 15.2. The maximum atomic E-state index is 14.2. The van der Waals surface area contributed by atoms with Crippen molar-refractivity contribution >= 4 is 11.7 Å². The van der Waals surface area contributed by atoms with Crippen LogP contribution in [0.2, 0.25) is 0 Å². The smallest absolute Gasteiger partial charge is 0.319 e. The molecular formula is C19H25FN4O. The minimum absolute atomic E-state index is 0.275. The largest absolute Gasteiger partial charge is 0.332 e. The topological polar surface area (TPSA) is 59.0 Å². The first-order chi connectivity index (χ1) is 11.7. The van der Waals surface area contributed by atoms with Gasteiger partial charge in [0.2, 0.25) is 0 Å². The van der Waals surface area contributed by atoms with Gasteiger partial charge in [0.15, 0.2) is 0 Å². The van der Waals surface area contributed by atoms with Gasteiger partial charge < -0.3 is 10.6 Å². The third-order valence-corrected chi connectivity index (χ3v) is 4.43. The molecule has 0 saturated heterocycles. The van der Waals surface area contributed by atoms with Crippen LogP contribution in [-0.2, 0) is 19.0 Å². The molecular weight excluding hydrogens is 319 g/mol. The summed E-state index contributed by atoms with van der Waals surface area (Å²) < 4.78 is 16.1. The molecule has 1 aromatic carbocycles. The molecule has 25 heavy (non-hydrogen) atoms. The van der Waals surface area contributed by atoms with Crippen molar-refractivity contribution < 1.29 is 9.18 Å². The number of nitrogens with one attached hydrogen (secondary N) is 2. The molecule has 0 unspecified atom stereocenters. The fraction of sp³-hybridized carbons (Fsp3) is 0.474. The fourth-order valence-corrected chi connectivity index (χ4v) is 2.94. The number of urea groups is 1. The summed E-state index contributed by atoms with van der Waals surface area (Å²) in [4.78, 5) is 12.0. The van der Waals surface area contributed by atoms with Gasteiger partial charge in [-0.3, -0.25) is 4.68 Å². The average Bonchev–Trinajstić information content (AvgIpc) is 3.27. The zero-order valence-corrected chi connectivity index (χ0v) is 15.2. The highest BCUT2D eigenvalue weighted by molar-refractivity contribution is 5.89. The molecule has 0 radical (unpaired) electrons. The minimum atomic E-state index is -0.374. The van der Waals surface area contributed by atoms with E-state index < -0.39 is 0 Å². The summed E-state index contributed by atoms with van der Waals surface area (Å²) in [6.07, 6.45) is 2.42. The highest BCUT2D eigenvalue weighted by atomic mass is 19.1. The lowest BCUT2D eigenvalue weighted by atomic mass is 9.86. The number of aryl methyl sites for hydroxylation is 1. The van der Waals surface area contributed by atoms with Gasteiger partial charge in [0.1, 0.15) is 5.82 Å². The van der Waals surface area contributed by atoms with Crippen molar-refractivity contribution in [1.82, 2.24) is 15.1 Å². The van der Waals surface area contributed by atoms with E-state index in [1.54, 1.807) is 12.1 Å². The van der Waals surface area contributed by atoms with Crippen molar-refractivity contribution in [3.05, 3.63) is 47.0 Å². The number of benzene rings is 1. The monoisotopic (exact) mass is 344 g/mol. The molecule has 1 fully saturated rings. The fourth-order valence-electron chi connectivity index (χ4n) is 2.94. The maximum absolute atomic E-state index is 14.2. The van der Waals surface area contributed by atoms with E-state index in [2.05, 4.69) is 15.7 Å². The summed E-state index contributed by atoms with van der Waals surface area (Å²) in [7, 11) is 1.93. The highest BCUT2D eigenvalue weighted by Crippen LogP contribution is 2.39. The number of anilines is 1. The van der Waals surface area contributed by atoms with Crippen LogP contribution in [0.25, 0.3) is 0 Å². The lowest BCUT2D eigenvalue weighted by molar-refractivity contribution is 0.251. The lowest BCUT2D eigenvalue weighted by Crippen LogP contribution is -2.28. The van der Waals surface area contributed by atoms with Gasteiger partial charge in [0.25, 0.3) is 0 Å². The number of aromatic nitrogens is 2. The molecule has 2 N–H and O–H groups in total. The SMILES string of the molecule is Cn1nc(CNC(=O)Nc2ccc(C(C)(C)C)c(F)c2)cc1C1CC1. The Morgan fingerprint density at radius 2 is 2.04 bits per heavy atom. The summed E-state index contributed by atoms with van der Waals surface area (Å²) in [5.74, 6) is 0.300. The van der Waals surface area contributed by atoms with Crippen molar-refractivity contribution in [3.63, 3.8) is 0 Å². The van der Waals surface area contributed by atoms with E-state index in [4.69, 9.17) is 0 Å². The molecule has 0 spiro atoms. The van der Waals surface area contributed by atoms with Crippen molar-refractivity contribution in [1.29, 1.82) is 0 Å². The normalized spacial score (nSPS) is 14.4.